The van der Waals surface area contributed by atoms with E-state index in [-0.39, 0.29) is 37.9 Å². The predicted octanol–water partition coefficient (Wildman–Crippen LogP) is -0.122. The van der Waals surface area contributed by atoms with Crippen LogP contribution in [0.5, 0.6) is 0 Å². The van der Waals surface area contributed by atoms with Crippen LogP contribution in [0.3, 0.4) is 0 Å². The molecule has 2 amide bonds. The minimum absolute atomic E-state index is 0.123. The van der Waals surface area contributed by atoms with Gasteiger partial charge in [-0.15, -0.1) is 0 Å². The second-order valence-electron chi connectivity index (χ2n) is 6.04. The molecule has 0 radical (unpaired) electrons. The minimum atomic E-state index is -0.629. The van der Waals surface area contributed by atoms with Gasteiger partial charge in [-0.3, -0.25) is 14.3 Å². The Balaban J connectivity index is 1.40. The summed E-state index contributed by atoms with van der Waals surface area (Å²) in [5.74, 6) is -1.20. The van der Waals surface area contributed by atoms with Crippen molar-refractivity contribution in [3.8, 4) is 0 Å². The highest BCUT2D eigenvalue weighted by Crippen LogP contribution is 2.10. The van der Waals surface area contributed by atoms with Gasteiger partial charge in [-0.05, 0) is 34.4 Å². The van der Waals surface area contributed by atoms with Crippen LogP contribution in [0.1, 0.15) is 22.2 Å². The number of nitro groups is 1. The lowest BCUT2D eigenvalue weighted by Crippen LogP contribution is -2.36. The van der Waals surface area contributed by atoms with Gasteiger partial charge >= 0.3 is 17.6 Å². The highest BCUT2D eigenvalue weighted by atomic mass is 127. The number of carbonyl (C=O) groups excluding carboxylic acids is 2. The third-order valence-electron chi connectivity index (χ3n) is 3.75. The van der Waals surface area contributed by atoms with E-state index in [0.29, 0.717) is 11.5 Å². The van der Waals surface area contributed by atoms with Gasteiger partial charge in [-0.25, -0.2) is 0 Å². The van der Waals surface area contributed by atoms with Gasteiger partial charge < -0.3 is 25.3 Å². The van der Waals surface area contributed by atoms with E-state index < -0.39 is 16.7 Å². The molecule has 0 saturated heterocycles. The van der Waals surface area contributed by atoms with Crippen LogP contribution < -0.4 is 10.6 Å². The van der Waals surface area contributed by atoms with Crippen LogP contribution in [-0.2, 0) is 17.9 Å². The highest BCUT2D eigenvalue weighted by Gasteiger charge is 2.18. The van der Waals surface area contributed by atoms with Crippen molar-refractivity contribution in [2.45, 2.75) is 20.0 Å². The number of carbonyl (C=O) groups is 2. The zero-order chi connectivity index (χ0) is 21.7. The summed E-state index contributed by atoms with van der Waals surface area (Å²) in [7, 11) is 0. The largest absolute Gasteiger partial charge is 0.390 e. The first-order valence-corrected chi connectivity index (χ1v) is 9.64. The smallest absolute Gasteiger partial charge is 0.358 e. The van der Waals surface area contributed by atoms with Gasteiger partial charge in [0.05, 0.1) is 26.6 Å². The lowest BCUT2D eigenvalue weighted by molar-refractivity contribution is -0.389. The molecule has 3 aromatic heterocycles. The van der Waals surface area contributed by atoms with Gasteiger partial charge in [0.25, 0.3) is 0 Å². The van der Waals surface area contributed by atoms with Gasteiger partial charge in [0.1, 0.15) is 13.1 Å². The molecule has 0 aliphatic heterocycles. The van der Waals surface area contributed by atoms with Crippen molar-refractivity contribution in [3.05, 3.63) is 49.6 Å². The lowest BCUT2D eigenvalue weighted by atomic mass is 10.4. The molecule has 3 rings (SSSR count). The molecular weight excluding hydrogens is 513 g/mol. The fourth-order valence-corrected chi connectivity index (χ4v) is 2.81. The van der Waals surface area contributed by atoms with Crippen LogP contribution >= 0.6 is 22.6 Å². The Labute approximate surface area is 182 Å². The van der Waals surface area contributed by atoms with Gasteiger partial charge in [0.15, 0.2) is 5.82 Å². The summed E-state index contributed by atoms with van der Waals surface area (Å²) in [5.41, 5.74) is 0.488. The van der Waals surface area contributed by atoms with Crippen molar-refractivity contribution in [1.82, 2.24) is 40.3 Å². The predicted molar refractivity (Wildman–Crippen MR) is 107 cm³/mol. The molecule has 158 valence electrons. The van der Waals surface area contributed by atoms with Crippen molar-refractivity contribution in [1.29, 1.82) is 0 Å². The molecule has 2 N–H and O–H groups in total. The summed E-state index contributed by atoms with van der Waals surface area (Å²) in [4.78, 5) is 38.1. The van der Waals surface area contributed by atoms with E-state index in [4.69, 9.17) is 4.52 Å². The van der Waals surface area contributed by atoms with E-state index in [2.05, 4.69) is 53.6 Å². The monoisotopic (exact) mass is 529 g/mol. The Morgan fingerprint density at radius 1 is 1.33 bits per heavy atom. The zero-order valence-corrected chi connectivity index (χ0v) is 17.8. The molecule has 0 spiro atoms. The molecule has 15 heteroatoms. The van der Waals surface area contributed by atoms with Crippen LogP contribution in [0.25, 0.3) is 0 Å². The SMILES string of the molecule is Cc1cc([N+](=O)[O-])nn1CC(=O)NCCNC(=O)c1nc(Cn2cc(I)cn2)no1. The van der Waals surface area contributed by atoms with Crippen molar-refractivity contribution in [3.63, 3.8) is 0 Å². The third-order valence-corrected chi connectivity index (χ3v) is 4.31. The molecule has 0 saturated carbocycles. The maximum atomic E-state index is 12.0. The quantitative estimate of drug-likeness (QED) is 0.166. The molecule has 14 nitrogen and oxygen atoms in total. The highest BCUT2D eigenvalue weighted by molar-refractivity contribution is 14.1. The molecule has 0 unspecified atom stereocenters. The van der Waals surface area contributed by atoms with Crippen LogP contribution in [0, 0.1) is 20.6 Å². The average Bonchev–Trinajstić information content (AvgIpc) is 3.40. The van der Waals surface area contributed by atoms with Crippen molar-refractivity contribution in [2.24, 2.45) is 0 Å². The molecular formula is C15H16IN9O5. The topological polar surface area (TPSA) is 176 Å². The second-order valence-corrected chi connectivity index (χ2v) is 7.28. The molecule has 3 aromatic rings. The summed E-state index contributed by atoms with van der Waals surface area (Å²) >= 11 is 2.12. The number of hydrogen-bond acceptors (Lipinski definition) is 9. The zero-order valence-electron chi connectivity index (χ0n) is 15.6. The summed E-state index contributed by atoms with van der Waals surface area (Å²) in [6.07, 6.45) is 3.47. The standard InChI is InChI=1S/C15H16IN9O5/c1-9-4-12(25(28)29)21-24(9)8-13(26)17-2-3-18-14(27)15-20-11(22-30-15)7-23-6-10(16)5-19-23/h4-6H,2-3,7-8H2,1H3,(H,17,26)(H,18,27). The molecule has 3 heterocycles. The van der Waals surface area contributed by atoms with E-state index in [1.807, 2.05) is 0 Å². The van der Waals surface area contributed by atoms with Crippen LogP contribution in [0.4, 0.5) is 5.82 Å². The molecule has 30 heavy (non-hydrogen) atoms. The first-order chi connectivity index (χ1) is 14.3. The molecule has 0 fully saturated rings. The molecule has 0 aliphatic carbocycles. The fraction of sp³-hybridized carbons (Fsp3) is 0.333. The van der Waals surface area contributed by atoms with E-state index in [1.165, 1.54) is 10.7 Å². The maximum Gasteiger partial charge on any atom is 0.390 e. The van der Waals surface area contributed by atoms with Gasteiger partial charge in [0, 0.05) is 19.3 Å². The Bertz CT molecular complexity index is 1070. The summed E-state index contributed by atoms with van der Waals surface area (Å²) in [5, 5.41) is 27.4. The van der Waals surface area contributed by atoms with Crippen LogP contribution in [0.2, 0.25) is 0 Å². The average molecular weight is 529 g/mol. The van der Waals surface area contributed by atoms with Gasteiger partial charge in [-0.1, -0.05) is 5.16 Å². The number of aryl methyl sites for hydroxylation is 1. The first kappa shape index (κ1) is 21.3. The number of nitrogens with one attached hydrogen (secondary N) is 2. The van der Waals surface area contributed by atoms with Crippen molar-refractivity contribution < 1.29 is 19.0 Å². The molecule has 0 bridgehead atoms. The minimum Gasteiger partial charge on any atom is -0.358 e. The Morgan fingerprint density at radius 3 is 2.77 bits per heavy atom. The summed E-state index contributed by atoms with van der Waals surface area (Å²) < 4.78 is 8.72. The Morgan fingerprint density at radius 2 is 2.10 bits per heavy atom. The number of aromatic nitrogens is 6. The van der Waals surface area contributed by atoms with Crippen molar-refractivity contribution >= 4 is 40.2 Å². The van der Waals surface area contributed by atoms with Gasteiger partial charge in [0.2, 0.25) is 5.91 Å². The Hall–Kier alpha value is -3.37. The van der Waals surface area contributed by atoms with Crippen molar-refractivity contribution in [2.75, 3.05) is 13.1 Å². The third kappa shape index (κ3) is 5.58. The van der Waals surface area contributed by atoms with E-state index in [1.54, 1.807) is 24.0 Å². The van der Waals surface area contributed by atoms with Gasteiger partial charge in [-0.2, -0.15) is 14.8 Å². The maximum absolute atomic E-state index is 12.0. The summed E-state index contributed by atoms with van der Waals surface area (Å²) in [6.45, 7) is 1.96. The first-order valence-electron chi connectivity index (χ1n) is 8.56. The Kier molecular flexibility index (Phi) is 6.70. The lowest BCUT2D eigenvalue weighted by Gasteiger charge is -2.05. The van der Waals surface area contributed by atoms with E-state index in [9.17, 15) is 19.7 Å². The number of hydrogen-bond donors (Lipinski definition) is 2. The number of nitrogens with zero attached hydrogens (tertiary/aromatic N) is 7. The normalized spacial score (nSPS) is 10.7. The summed E-state index contributed by atoms with van der Waals surface area (Å²) in [6, 6.07) is 1.28. The number of rotatable bonds is 9. The van der Waals surface area contributed by atoms with Crippen LogP contribution in [-0.4, -0.2) is 59.5 Å². The molecule has 0 aromatic carbocycles. The number of halogens is 1. The second kappa shape index (κ2) is 9.42. The molecule has 0 atom stereocenters. The van der Waals surface area contributed by atoms with E-state index in [0.717, 1.165) is 3.57 Å². The molecule has 0 aliphatic rings. The van der Waals surface area contributed by atoms with E-state index >= 15 is 0 Å². The fourth-order valence-electron chi connectivity index (χ4n) is 2.37. The number of amides is 2. The van der Waals surface area contributed by atoms with Crippen LogP contribution in [0.15, 0.2) is 23.0 Å².